The Kier molecular flexibility index (Phi) is 4.57. The first kappa shape index (κ1) is 18.9. The SMILES string of the molecule is CC(=O)c1cn(CCC(=O)N2C[C@@H]3C[C@H](C2)c2cccc(=O)n2C3)c2ccccc12. The van der Waals surface area contributed by atoms with E-state index in [1.807, 2.05) is 56.6 Å². The van der Waals surface area contributed by atoms with Crippen molar-refractivity contribution in [3.8, 4) is 0 Å². The van der Waals surface area contributed by atoms with Crippen molar-refractivity contribution < 1.29 is 9.59 Å². The molecule has 1 amide bonds. The van der Waals surface area contributed by atoms with Gasteiger partial charge >= 0.3 is 0 Å². The number of nitrogens with zero attached hydrogens (tertiary/aromatic N) is 3. The Hall–Kier alpha value is -3.15. The zero-order valence-electron chi connectivity index (χ0n) is 17.1. The Morgan fingerprint density at radius 1 is 1.03 bits per heavy atom. The lowest BCUT2D eigenvalue weighted by molar-refractivity contribution is -0.134. The van der Waals surface area contributed by atoms with Crippen LogP contribution in [0.1, 0.15) is 41.7 Å². The summed E-state index contributed by atoms with van der Waals surface area (Å²) in [7, 11) is 0. The van der Waals surface area contributed by atoms with Crippen molar-refractivity contribution >= 4 is 22.6 Å². The van der Waals surface area contributed by atoms with Crippen LogP contribution in [0.4, 0.5) is 0 Å². The molecule has 6 nitrogen and oxygen atoms in total. The minimum Gasteiger partial charge on any atom is -0.346 e. The van der Waals surface area contributed by atoms with Gasteiger partial charge in [0.15, 0.2) is 5.78 Å². The highest BCUT2D eigenvalue weighted by Crippen LogP contribution is 2.35. The maximum atomic E-state index is 13.0. The number of fused-ring (bicyclic) bond motifs is 5. The summed E-state index contributed by atoms with van der Waals surface area (Å²) in [5, 5.41) is 0.937. The first-order valence-corrected chi connectivity index (χ1v) is 10.6. The highest BCUT2D eigenvalue weighted by Gasteiger charge is 2.36. The zero-order chi connectivity index (χ0) is 20.8. The molecule has 5 rings (SSSR count). The fraction of sp³-hybridized carbons (Fsp3) is 0.375. The monoisotopic (exact) mass is 403 g/mol. The van der Waals surface area contributed by atoms with Gasteiger partial charge in [-0.15, -0.1) is 0 Å². The molecule has 2 atom stereocenters. The van der Waals surface area contributed by atoms with E-state index in [0.717, 1.165) is 23.0 Å². The maximum absolute atomic E-state index is 13.0. The third-order valence-electron chi connectivity index (χ3n) is 6.57. The molecule has 0 aliphatic carbocycles. The predicted molar refractivity (Wildman–Crippen MR) is 115 cm³/mol. The number of aromatic nitrogens is 2. The zero-order valence-corrected chi connectivity index (χ0v) is 17.1. The van der Waals surface area contributed by atoms with E-state index in [1.54, 1.807) is 13.0 Å². The van der Waals surface area contributed by atoms with E-state index in [9.17, 15) is 14.4 Å². The highest BCUT2D eigenvalue weighted by molar-refractivity contribution is 6.07. The van der Waals surface area contributed by atoms with Crippen molar-refractivity contribution in [3.63, 3.8) is 0 Å². The number of benzene rings is 1. The number of carbonyl (C=O) groups is 2. The molecule has 0 radical (unpaired) electrons. The summed E-state index contributed by atoms with van der Waals surface area (Å²) in [6.07, 6.45) is 3.31. The van der Waals surface area contributed by atoms with E-state index in [4.69, 9.17) is 0 Å². The van der Waals surface area contributed by atoms with Gasteiger partial charge in [0.25, 0.3) is 5.56 Å². The first-order valence-electron chi connectivity index (χ1n) is 10.6. The van der Waals surface area contributed by atoms with Crippen molar-refractivity contribution in [2.24, 2.45) is 5.92 Å². The molecule has 6 heteroatoms. The summed E-state index contributed by atoms with van der Waals surface area (Å²) in [6, 6.07) is 13.3. The average Bonchev–Trinajstić information content (AvgIpc) is 3.12. The number of ketones is 1. The van der Waals surface area contributed by atoms with E-state index < -0.39 is 0 Å². The smallest absolute Gasteiger partial charge is 0.250 e. The van der Waals surface area contributed by atoms with Crippen LogP contribution < -0.4 is 5.56 Å². The fourth-order valence-electron chi connectivity index (χ4n) is 5.19. The summed E-state index contributed by atoms with van der Waals surface area (Å²) < 4.78 is 3.90. The lowest BCUT2D eigenvalue weighted by atomic mass is 9.83. The van der Waals surface area contributed by atoms with Gasteiger partial charge in [-0.1, -0.05) is 24.3 Å². The molecule has 4 heterocycles. The van der Waals surface area contributed by atoms with E-state index >= 15 is 0 Å². The number of rotatable bonds is 4. The number of amides is 1. The highest BCUT2D eigenvalue weighted by atomic mass is 16.2. The fourth-order valence-corrected chi connectivity index (χ4v) is 5.19. The number of carbonyl (C=O) groups excluding carboxylic acids is 2. The van der Waals surface area contributed by atoms with Gasteiger partial charge in [0.1, 0.15) is 0 Å². The molecule has 0 N–H and O–H groups in total. The molecule has 3 aromatic rings. The minimum atomic E-state index is 0.0361. The topological polar surface area (TPSA) is 64.3 Å². The van der Waals surface area contributed by atoms with Gasteiger partial charge in [0.2, 0.25) is 5.91 Å². The third kappa shape index (κ3) is 3.16. The van der Waals surface area contributed by atoms with Gasteiger partial charge in [0.05, 0.1) is 0 Å². The van der Waals surface area contributed by atoms with Gasteiger partial charge in [-0.2, -0.15) is 0 Å². The third-order valence-corrected chi connectivity index (χ3v) is 6.57. The van der Waals surface area contributed by atoms with Crippen molar-refractivity contribution in [2.75, 3.05) is 13.1 Å². The molecule has 0 saturated carbocycles. The summed E-state index contributed by atoms with van der Waals surface area (Å²) in [4.78, 5) is 39.2. The Bertz CT molecular complexity index is 1210. The summed E-state index contributed by atoms with van der Waals surface area (Å²) in [5.41, 5.74) is 2.80. The Balaban J connectivity index is 1.32. The number of likely N-dealkylation sites (tertiary alicyclic amines) is 1. The molecular weight excluding hydrogens is 378 g/mol. The van der Waals surface area contributed by atoms with Crippen LogP contribution in [0.2, 0.25) is 0 Å². The number of aryl methyl sites for hydroxylation is 1. The van der Waals surface area contributed by atoms with Crippen molar-refractivity contribution in [3.05, 3.63) is 70.3 Å². The van der Waals surface area contributed by atoms with E-state index in [1.165, 1.54) is 0 Å². The molecule has 2 aromatic heterocycles. The maximum Gasteiger partial charge on any atom is 0.250 e. The predicted octanol–water partition coefficient (Wildman–Crippen LogP) is 3.04. The van der Waals surface area contributed by atoms with Crippen molar-refractivity contribution in [1.29, 1.82) is 0 Å². The summed E-state index contributed by atoms with van der Waals surface area (Å²) >= 11 is 0. The average molecular weight is 403 g/mol. The van der Waals surface area contributed by atoms with Crippen LogP contribution in [0.25, 0.3) is 10.9 Å². The van der Waals surface area contributed by atoms with Crippen LogP contribution >= 0.6 is 0 Å². The molecule has 0 unspecified atom stereocenters. The molecule has 0 spiro atoms. The number of hydrogen-bond acceptors (Lipinski definition) is 3. The first-order chi connectivity index (χ1) is 14.5. The van der Waals surface area contributed by atoms with Crippen LogP contribution in [0.5, 0.6) is 0 Å². The molecule has 2 bridgehead atoms. The molecule has 30 heavy (non-hydrogen) atoms. The molecule has 2 aliphatic rings. The van der Waals surface area contributed by atoms with E-state index in [-0.39, 0.29) is 23.2 Å². The normalized spacial score (nSPS) is 20.2. The number of hydrogen-bond donors (Lipinski definition) is 0. The summed E-state index contributed by atoms with van der Waals surface area (Å²) in [6.45, 7) is 4.20. The Morgan fingerprint density at radius 2 is 1.87 bits per heavy atom. The molecule has 154 valence electrons. The van der Waals surface area contributed by atoms with Crippen LogP contribution in [-0.4, -0.2) is 38.8 Å². The van der Waals surface area contributed by atoms with Gasteiger partial charge < -0.3 is 14.0 Å². The van der Waals surface area contributed by atoms with Crippen LogP contribution in [0, 0.1) is 5.92 Å². The Labute approximate surface area is 174 Å². The molecule has 1 fully saturated rings. The quantitative estimate of drug-likeness (QED) is 0.629. The van der Waals surface area contributed by atoms with Crippen LogP contribution in [0.3, 0.4) is 0 Å². The molecule has 2 aliphatic heterocycles. The van der Waals surface area contributed by atoms with Crippen LogP contribution in [0.15, 0.2) is 53.5 Å². The van der Waals surface area contributed by atoms with Crippen LogP contribution in [-0.2, 0) is 17.9 Å². The minimum absolute atomic E-state index is 0.0361. The number of para-hydroxylation sites is 1. The number of piperidine rings is 1. The van der Waals surface area contributed by atoms with Gasteiger partial charge in [-0.05, 0) is 31.4 Å². The largest absolute Gasteiger partial charge is 0.346 e. The second-order valence-electron chi connectivity index (χ2n) is 8.56. The second-order valence-corrected chi connectivity index (χ2v) is 8.56. The molecule has 1 aromatic carbocycles. The van der Waals surface area contributed by atoms with Gasteiger partial charge in [-0.3, -0.25) is 14.4 Å². The second kappa shape index (κ2) is 7.27. The van der Waals surface area contributed by atoms with E-state index in [0.29, 0.717) is 44.1 Å². The van der Waals surface area contributed by atoms with Crippen molar-refractivity contribution in [2.45, 2.75) is 38.8 Å². The van der Waals surface area contributed by atoms with Gasteiger partial charge in [0, 0.05) is 72.9 Å². The lowest BCUT2D eigenvalue weighted by Crippen LogP contribution is -2.49. The van der Waals surface area contributed by atoms with E-state index in [2.05, 4.69) is 0 Å². The lowest BCUT2D eigenvalue weighted by Gasteiger charge is -2.42. The van der Waals surface area contributed by atoms with Crippen molar-refractivity contribution in [1.82, 2.24) is 14.0 Å². The standard InChI is InChI=1S/C24H25N3O3/c1-16(28)20-15-25(22-6-3-2-5-19(20)22)10-9-23(29)26-12-17-11-18(14-26)21-7-4-8-24(30)27(21)13-17/h2-8,15,17-18H,9-14H2,1H3/t17-,18+/m0/s1. The molecular formula is C24H25N3O3. The Morgan fingerprint density at radius 3 is 2.70 bits per heavy atom. The van der Waals surface area contributed by atoms with Gasteiger partial charge in [-0.25, -0.2) is 0 Å². The number of Topliss-reactive ketones (excluding diaryl/α,β-unsaturated/α-hetero) is 1. The summed E-state index contributed by atoms with van der Waals surface area (Å²) in [5.74, 6) is 0.733. The molecule has 1 saturated heterocycles. The number of pyridine rings is 1.